The van der Waals surface area contributed by atoms with Gasteiger partial charge in [-0.05, 0) is 55.1 Å². The SMILES string of the molecule is CN=C(NCC1(SC)CCOCC1)NC1CCN(c2ccc(C(C)(C)C)cc2)CC1. The summed E-state index contributed by atoms with van der Waals surface area (Å²) in [6.07, 6.45) is 6.68. The molecule has 0 bridgehead atoms. The molecule has 0 saturated carbocycles. The topological polar surface area (TPSA) is 48.9 Å². The Morgan fingerprint density at radius 1 is 1.17 bits per heavy atom. The van der Waals surface area contributed by atoms with E-state index in [0.29, 0.717) is 6.04 Å². The van der Waals surface area contributed by atoms with Gasteiger partial charge in [-0.2, -0.15) is 11.8 Å². The molecule has 5 nitrogen and oxygen atoms in total. The van der Waals surface area contributed by atoms with Gasteiger partial charge >= 0.3 is 0 Å². The number of ether oxygens (including phenoxy) is 1. The number of hydrogen-bond acceptors (Lipinski definition) is 4. The van der Waals surface area contributed by atoms with E-state index >= 15 is 0 Å². The average molecular weight is 433 g/mol. The van der Waals surface area contributed by atoms with E-state index in [1.807, 2.05) is 18.8 Å². The molecule has 30 heavy (non-hydrogen) atoms. The largest absolute Gasteiger partial charge is 0.381 e. The fourth-order valence-electron chi connectivity index (χ4n) is 4.28. The Kier molecular flexibility index (Phi) is 7.97. The van der Waals surface area contributed by atoms with Crippen molar-refractivity contribution in [2.45, 2.75) is 62.7 Å². The normalized spacial score (nSPS) is 20.8. The van der Waals surface area contributed by atoms with Crippen LogP contribution in [0.25, 0.3) is 0 Å². The Morgan fingerprint density at radius 3 is 2.33 bits per heavy atom. The van der Waals surface area contributed by atoms with Gasteiger partial charge in [-0.15, -0.1) is 0 Å². The number of hydrogen-bond donors (Lipinski definition) is 2. The zero-order valence-corrected chi connectivity index (χ0v) is 20.3. The van der Waals surface area contributed by atoms with Crippen molar-refractivity contribution in [3.63, 3.8) is 0 Å². The number of guanidine groups is 1. The lowest BCUT2D eigenvalue weighted by Crippen LogP contribution is -2.52. The minimum atomic E-state index is 0.206. The summed E-state index contributed by atoms with van der Waals surface area (Å²) in [7, 11) is 1.87. The Labute approximate surface area is 187 Å². The van der Waals surface area contributed by atoms with Crippen LogP contribution >= 0.6 is 11.8 Å². The molecule has 2 aliphatic rings. The van der Waals surface area contributed by atoms with Crippen LogP contribution in [0.15, 0.2) is 29.3 Å². The summed E-state index contributed by atoms with van der Waals surface area (Å²) in [6, 6.07) is 9.60. The highest BCUT2D eigenvalue weighted by atomic mass is 32.2. The number of rotatable bonds is 5. The van der Waals surface area contributed by atoms with Crippen molar-refractivity contribution < 1.29 is 4.74 Å². The molecule has 2 N–H and O–H groups in total. The second-order valence-corrected chi connectivity index (χ2v) is 10.9. The molecule has 0 aromatic heterocycles. The van der Waals surface area contributed by atoms with E-state index < -0.39 is 0 Å². The van der Waals surface area contributed by atoms with Crippen molar-refractivity contribution in [2.75, 3.05) is 51.1 Å². The molecular weight excluding hydrogens is 392 g/mol. The van der Waals surface area contributed by atoms with Crippen LogP contribution in [-0.2, 0) is 10.2 Å². The number of thioether (sulfide) groups is 1. The second-order valence-electron chi connectivity index (χ2n) is 9.63. The summed E-state index contributed by atoms with van der Waals surface area (Å²) in [5.41, 5.74) is 2.94. The minimum Gasteiger partial charge on any atom is -0.381 e. The summed E-state index contributed by atoms with van der Waals surface area (Å²) in [4.78, 5) is 6.99. The number of aliphatic imine (C=N–C) groups is 1. The van der Waals surface area contributed by atoms with Crippen molar-refractivity contribution in [3.05, 3.63) is 29.8 Å². The van der Waals surface area contributed by atoms with E-state index in [-0.39, 0.29) is 10.2 Å². The molecule has 0 unspecified atom stereocenters. The number of nitrogens with zero attached hydrogens (tertiary/aromatic N) is 2. The van der Waals surface area contributed by atoms with Gasteiger partial charge in [-0.3, -0.25) is 4.99 Å². The molecule has 0 aliphatic carbocycles. The third kappa shape index (κ3) is 6.07. The van der Waals surface area contributed by atoms with Gasteiger partial charge in [0.2, 0.25) is 0 Å². The van der Waals surface area contributed by atoms with Crippen molar-refractivity contribution in [1.82, 2.24) is 10.6 Å². The van der Waals surface area contributed by atoms with Crippen molar-refractivity contribution >= 4 is 23.4 Å². The molecule has 2 heterocycles. The molecule has 6 heteroatoms. The maximum atomic E-state index is 5.56. The fraction of sp³-hybridized carbons (Fsp3) is 0.708. The standard InChI is InChI=1S/C24H40N4OS/c1-23(2,3)19-6-8-21(9-7-19)28-14-10-20(11-15-28)27-22(25-4)26-18-24(30-5)12-16-29-17-13-24/h6-9,20H,10-18H2,1-5H3,(H2,25,26,27). The van der Waals surface area contributed by atoms with E-state index in [1.54, 1.807) is 0 Å². The third-order valence-corrected chi connectivity index (χ3v) is 7.99. The predicted molar refractivity (Wildman–Crippen MR) is 131 cm³/mol. The fourth-order valence-corrected chi connectivity index (χ4v) is 5.07. The van der Waals surface area contributed by atoms with Crippen LogP contribution in [0.5, 0.6) is 0 Å². The highest BCUT2D eigenvalue weighted by Crippen LogP contribution is 2.33. The highest BCUT2D eigenvalue weighted by molar-refractivity contribution is 8.00. The maximum absolute atomic E-state index is 5.56. The molecule has 2 aliphatic heterocycles. The molecule has 0 atom stereocenters. The third-order valence-electron chi connectivity index (χ3n) is 6.57. The molecule has 2 fully saturated rings. The maximum Gasteiger partial charge on any atom is 0.191 e. The van der Waals surface area contributed by atoms with E-state index in [0.717, 1.165) is 64.5 Å². The molecule has 3 rings (SSSR count). The number of benzene rings is 1. The number of piperidine rings is 1. The van der Waals surface area contributed by atoms with Gasteiger partial charge < -0.3 is 20.3 Å². The van der Waals surface area contributed by atoms with E-state index in [2.05, 4.69) is 71.8 Å². The molecule has 2 saturated heterocycles. The van der Waals surface area contributed by atoms with E-state index in [9.17, 15) is 0 Å². The van der Waals surface area contributed by atoms with Gasteiger partial charge in [0.25, 0.3) is 0 Å². The molecule has 0 spiro atoms. The zero-order chi connectivity index (χ0) is 21.6. The molecule has 168 valence electrons. The van der Waals surface area contributed by atoms with Gasteiger partial charge in [0.05, 0.1) is 0 Å². The summed E-state index contributed by atoms with van der Waals surface area (Å²) in [5.74, 6) is 0.933. The Balaban J connectivity index is 1.47. The molecular formula is C24H40N4OS. The molecule has 1 aromatic rings. The molecule has 1 aromatic carbocycles. The summed E-state index contributed by atoms with van der Waals surface area (Å²) >= 11 is 1.96. The van der Waals surface area contributed by atoms with E-state index in [1.165, 1.54) is 11.3 Å². The monoisotopic (exact) mass is 432 g/mol. The van der Waals surface area contributed by atoms with Crippen LogP contribution in [-0.4, -0.2) is 62.9 Å². The van der Waals surface area contributed by atoms with Crippen LogP contribution < -0.4 is 15.5 Å². The second kappa shape index (κ2) is 10.3. The lowest BCUT2D eigenvalue weighted by molar-refractivity contribution is 0.0782. The Hall–Kier alpha value is -1.40. The van der Waals surface area contributed by atoms with Crippen LogP contribution in [0, 0.1) is 0 Å². The van der Waals surface area contributed by atoms with Gasteiger partial charge in [-0.25, -0.2) is 0 Å². The van der Waals surface area contributed by atoms with E-state index in [4.69, 9.17) is 4.74 Å². The van der Waals surface area contributed by atoms with Crippen LogP contribution in [0.3, 0.4) is 0 Å². The first-order valence-electron chi connectivity index (χ1n) is 11.3. The van der Waals surface area contributed by atoms with Crippen molar-refractivity contribution in [3.8, 4) is 0 Å². The van der Waals surface area contributed by atoms with Crippen molar-refractivity contribution in [1.29, 1.82) is 0 Å². The first-order chi connectivity index (χ1) is 14.3. The Morgan fingerprint density at radius 2 is 1.80 bits per heavy atom. The smallest absolute Gasteiger partial charge is 0.191 e. The molecule has 0 radical (unpaired) electrons. The van der Waals surface area contributed by atoms with Crippen LogP contribution in [0.1, 0.15) is 52.0 Å². The zero-order valence-electron chi connectivity index (χ0n) is 19.5. The lowest BCUT2D eigenvalue weighted by atomic mass is 9.87. The van der Waals surface area contributed by atoms with Gasteiger partial charge in [0, 0.05) is 56.4 Å². The number of nitrogens with one attached hydrogen (secondary N) is 2. The van der Waals surface area contributed by atoms with Gasteiger partial charge in [0.15, 0.2) is 5.96 Å². The molecule has 0 amide bonds. The first kappa shape index (κ1) is 23.3. The summed E-state index contributed by atoms with van der Waals surface area (Å²) in [5, 5.41) is 7.25. The highest BCUT2D eigenvalue weighted by Gasteiger charge is 2.32. The van der Waals surface area contributed by atoms with Gasteiger partial charge in [-0.1, -0.05) is 32.9 Å². The minimum absolute atomic E-state index is 0.206. The van der Waals surface area contributed by atoms with Crippen molar-refractivity contribution in [2.24, 2.45) is 4.99 Å². The first-order valence-corrected chi connectivity index (χ1v) is 12.5. The number of anilines is 1. The summed E-state index contributed by atoms with van der Waals surface area (Å²) in [6.45, 7) is 11.6. The van der Waals surface area contributed by atoms with Crippen LogP contribution in [0.4, 0.5) is 5.69 Å². The predicted octanol–water partition coefficient (Wildman–Crippen LogP) is 4.03. The quantitative estimate of drug-likeness (QED) is 0.543. The van der Waals surface area contributed by atoms with Gasteiger partial charge in [0.1, 0.15) is 0 Å². The average Bonchev–Trinajstić information content (AvgIpc) is 2.77. The Bertz CT molecular complexity index is 684. The summed E-state index contributed by atoms with van der Waals surface area (Å²) < 4.78 is 5.82. The lowest BCUT2D eigenvalue weighted by Gasteiger charge is -2.37. The van der Waals surface area contributed by atoms with Crippen LogP contribution in [0.2, 0.25) is 0 Å².